The van der Waals surface area contributed by atoms with Gasteiger partial charge in [-0.3, -0.25) is 4.99 Å². The number of ether oxygens (including phenoxy) is 2. The minimum Gasteiger partial charge on any atom is -0.439 e. The number of halogens is 1. The average molecular weight is 358 g/mol. The quantitative estimate of drug-likeness (QED) is 0.614. The second kappa shape index (κ2) is 9.15. The summed E-state index contributed by atoms with van der Waals surface area (Å²) >= 11 is 0. The van der Waals surface area contributed by atoms with Gasteiger partial charge >= 0.3 is 0 Å². The first-order valence-corrected chi connectivity index (χ1v) is 8.67. The Morgan fingerprint density at radius 2 is 2.15 bits per heavy atom. The first kappa shape index (κ1) is 18.1. The molecule has 1 aromatic carbocycles. The zero-order valence-electron chi connectivity index (χ0n) is 14.7. The van der Waals surface area contributed by atoms with Crippen LogP contribution in [0.3, 0.4) is 0 Å². The van der Waals surface area contributed by atoms with Crippen molar-refractivity contribution < 1.29 is 13.9 Å². The zero-order chi connectivity index (χ0) is 18.2. The van der Waals surface area contributed by atoms with Gasteiger partial charge in [-0.05, 0) is 48.7 Å². The lowest BCUT2D eigenvalue weighted by Crippen LogP contribution is -2.40. The summed E-state index contributed by atoms with van der Waals surface area (Å²) in [7, 11) is 1.74. The highest BCUT2D eigenvalue weighted by Crippen LogP contribution is 2.20. The van der Waals surface area contributed by atoms with Crippen molar-refractivity contribution in [1.82, 2.24) is 15.6 Å². The maximum atomic E-state index is 13.0. The van der Waals surface area contributed by atoms with Gasteiger partial charge in [0, 0.05) is 39.0 Å². The maximum Gasteiger partial charge on any atom is 0.219 e. The fraction of sp³-hybridized carbons (Fsp3) is 0.368. The molecule has 0 spiro atoms. The number of rotatable bonds is 6. The third-order valence-corrected chi connectivity index (χ3v) is 4.04. The van der Waals surface area contributed by atoms with E-state index in [-0.39, 0.29) is 11.9 Å². The molecule has 26 heavy (non-hydrogen) atoms. The van der Waals surface area contributed by atoms with Crippen LogP contribution in [0.2, 0.25) is 0 Å². The molecule has 1 atom stereocenters. The van der Waals surface area contributed by atoms with E-state index >= 15 is 0 Å². The highest BCUT2D eigenvalue weighted by molar-refractivity contribution is 5.79. The van der Waals surface area contributed by atoms with Gasteiger partial charge in [0.1, 0.15) is 11.6 Å². The van der Waals surface area contributed by atoms with Crippen LogP contribution in [-0.2, 0) is 11.3 Å². The van der Waals surface area contributed by atoms with E-state index in [2.05, 4.69) is 20.6 Å². The molecule has 138 valence electrons. The Labute approximate surface area is 152 Å². The lowest BCUT2D eigenvalue weighted by atomic mass is 10.2. The molecule has 0 saturated carbocycles. The van der Waals surface area contributed by atoms with Crippen LogP contribution in [0.5, 0.6) is 11.6 Å². The van der Waals surface area contributed by atoms with Crippen molar-refractivity contribution in [3.63, 3.8) is 0 Å². The standard InChI is InChI=1S/C19H23FN4O2/c1-21-19(24-13-17-3-2-10-25-17)23-12-14-8-9-22-18(11-14)26-16-6-4-15(20)5-7-16/h4-9,11,17H,2-3,10,12-13H2,1H3,(H2,21,23,24). The topological polar surface area (TPSA) is 67.8 Å². The Morgan fingerprint density at radius 3 is 2.88 bits per heavy atom. The summed E-state index contributed by atoms with van der Waals surface area (Å²) in [6.07, 6.45) is 4.13. The molecular formula is C19H23FN4O2. The zero-order valence-corrected chi connectivity index (χ0v) is 14.7. The molecule has 1 fully saturated rings. The molecular weight excluding hydrogens is 335 g/mol. The summed E-state index contributed by atoms with van der Waals surface area (Å²) in [6.45, 7) is 2.16. The van der Waals surface area contributed by atoms with Crippen LogP contribution in [0.1, 0.15) is 18.4 Å². The van der Waals surface area contributed by atoms with E-state index in [0.717, 1.165) is 37.5 Å². The molecule has 0 radical (unpaired) electrons. The maximum absolute atomic E-state index is 13.0. The van der Waals surface area contributed by atoms with E-state index in [1.807, 2.05) is 12.1 Å². The van der Waals surface area contributed by atoms with Gasteiger partial charge in [0.2, 0.25) is 5.88 Å². The number of nitrogens with zero attached hydrogens (tertiary/aromatic N) is 2. The molecule has 7 heteroatoms. The van der Waals surface area contributed by atoms with E-state index in [1.54, 1.807) is 25.4 Å². The number of nitrogens with one attached hydrogen (secondary N) is 2. The summed E-state index contributed by atoms with van der Waals surface area (Å²) in [5.74, 6) is 1.42. The first-order valence-electron chi connectivity index (χ1n) is 8.67. The number of hydrogen-bond acceptors (Lipinski definition) is 4. The fourth-order valence-corrected chi connectivity index (χ4v) is 2.66. The summed E-state index contributed by atoms with van der Waals surface area (Å²) in [6, 6.07) is 9.58. The molecule has 2 N–H and O–H groups in total. The third-order valence-electron chi connectivity index (χ3n) is 4.04. The Balaban J connectivity index is 1.51. The predicted octanol–water partition coefficient (Wildman–Crippen LogP) is 2.86. The van der Waals surface area contributed by atoms with Crippen molar-refractivity contribution in [2.45, 2.75) is 25.5 Å². The van der Waals surface area contributed by atoms with Gasteiger partial charge in [-0.15, -0.1) is 0 Å². The predicted molar refractivity (Wildman–Crippen MR) is 97.9 cm³/mol. The van der Waals surface area contributed by atoms with E-state index in [1.165, 1.54) is 12.1 Å². The summed E-state index contributed by atoms with van der Waals surface area (Å²) < 4.78 is 24.2. The van der Waals surface area contributed by atoms with Gasteiger partial charge in [0.15, 0.2) is 5.96 Å². The molecule has 0 bridgehead atoms. The van der Waals surface area contributed by atoms with Crippen molar-refractivity contribution in [3.8, 4) is 11.6 Å². The second-order valence-electron chi connectivity index (χ2n) is 6.00. The van der Waals surface area contributed by atoms with Gasteiger partial charge < -0.3 is 20.1 Å². The molecule has 0 amide bonds. The molecule has 1 saturated heterocycles. The monoisotopic (exact) mass is 358 g/mol. The van der Waals surface area contributed by atoms with Gasteiger partial charge in [0.05, 0.1) is 6.10 Å². The lowest BCUT2D eigenvalue weighted by Gasteiger charge is -2.15. The molecule has 0 aliphatic carbocycles. The number of guanidine groups is 1. The molecule has 1 aliphatic rings. The van der Waals surface area contributed by atoms with Gasteiger partial charge in [-0.1, -0.05) is 0 Å². The molecule has 3 rings (SSSR count). The average Bonchev–Trinajstić information content (AvgIpc) is 3.18. The molecule has 1 aromatic heterocycles. The molecule has 6 nitrogen and oxygen atoms in total. The van der Waals surface area contributed by atoms with E-state index in [0.29, 0.717) is 18.2 Å². The van der Waals surface area contributed by atoms with Gasteiger partial charge in [-0.25, -0.2) is 9.37 Å². The van der Waals surface area contributed by atoms with Crippen LogP contribution in [0.15, 0.2) is 47.6 Å². The molecule has 2 heterocycles. The van der Waals surface area contributed by atoms with Crippen molar-refractivity contribution in [2.75, 3.05) is 20.2 Å². The SMILES string of the molecule is CN=C(NCc1ccnc(Oc2ccc(F)cc2)c1)NCC1CCCO1. The Kier molecular flexibility index (Phi) is 6.38. The van der Waals surface area contributed by atoms with Crippen molar-refractivity contribution in [3.05, 3.63) is 54.0 Å². The van der Waals surface area contributed by atoms with Gasteiger partial charge in [-0.2, -0.15) is 0 Å². The van der Waals surface area contributed by atoms with Crippen LogP contribution >= 0.6 is 0 Å². The number of pyridine rings is 1. The molecule has 2 aromatic rings. The van der Waals surface area contributed by atoms with Crippen molar-refractivity contribution >= 4 is 5.96 Å². The minimum atomic E-state index is -0.301. The lowest BCUT2D eigenvalue weighted by molar-refractivity contribution is 0.114. The van der Waals surface area contributed by atoms with E-state index < -0.39 is 0 Å². The minimum absolute atomic E-state index is 0.255. The number of aliphatic imine (C=N–C) groups is 1. The fourth-order valence-electron chi connectivity index (χ4n) is 2.66. The van der Waals surface area contributed by atoms with Crippen LogP contribution < -0.4 is 15.4 Å². The summed E-state index contributed by atoms with van der Waals surface area (Å²) in [4.78, 5) is 8.41. The highest BCUT2D eigenvalue weighted by Gasteiger charge is 2.15. The molecule has 1 unspecified atom stereocenters. The Hall–Kier alpha value is -2.67. The van der Waals surface area contributed by atoms with Crippen molar-refractivity contribution in [1.29, 1.82) is 0 Å². The second-order valence-corrected chi connectivity index (χ2v) is 6.00. The highest BCUT2D eigenvalue weighted by atomic mass is 19.1. The first-order chi connectivity index (χ1) is 12.7. The van der Waals surface area contributed by atoms with Gasteiger partial charge in [0.25, 0.3) is 0 Å². The Bertz CT molecular complexity index is 731. The Morgan fingerprint density at radius 1 is 1.31 bits per heavy atom. The van der Waals surface area contributed by atoms with Crippen LogP contribution in [-0.4, -0.2) is 37.2 Å². The molecule has 1 aliphatic heterocycles. The largest absolute Gasteiger partial charge is 0.439 e. The van der Waals surface area contributed by atoms with Crippen LogP contribution in [0.4, 0.5) is 4.39 Å². The van der Waals surface area contributed by atoms with Crippen molar-refractivity contribution in [2.24, 2.45) is 4.99 Å². The third kappa shape index (κ3) is 5.42. The van der Waals surface area contributed by atoms with E-state index in [4.69, 9.17) is 9.47 Å². The normalized spacial score (nSPS) is 17.2. The number of aromatic nitrogens is 1. The van der Waals surface area contributed by atoms with Crippen LogP contribution in [0.25, 0.3) is 0 Å². The number of benzene rings is 1. The summed E-state index contributed by atoms with van der Waals surface area (Å²) in [5.41, 5.74) is 0.997. The smallest absolute Gasteiger partial charge is 0.219 e. The number of hydrogen-bond donors (Lipinski definition) is 2. The summed E-state index contributed by atoms with van der Waals surface area (Å²) in [5, 5.41) is 6.53. The van der Waals surface area contributed by atoms with Crippen LogP contribution in [0, 0.1) is 5.82 Å². The van der Waals surface area contributed by atoms with E-state index in [9.17, 15) is 4.39 Å².